The van der Waals surface area contributed by atoms with Gasteiger partial charge in [0.25, 0.3) is 0 Å². The Kier molecular flexibility index (Phi) is 2.82. The van der Waals surface area contributed by atoms with Crippen LogP contribution in [0, 0.1) is 13.8 Å². The van der Waals surface area contributed by atoms with Crippen molar-refractivity contribution in [2.75, 3.05) is 0 Å². The van der Waals surface area contributed by atoms with Crippen LogP contribution in [0.4, 0.5) is 0 Å². The van der Waals surface area contributed by atoms with E-state index >= 15 is 0 Å². The fourth-order valence-electron chi connectivity index (χ4n) is 2.90. The SMILES string of the molecule is Cc1[nH]nc(-n2nc(C)c3ccccc32)c1-c1ccccc1. The number of para-hydroxylation sites is 1. The van der Waals surface area contributed by atoms with Crippen molar-refractivity contribution in [3.8, 4) is 16.9 Å². The highest BCUT2D eigenvalue weighted by molar-refractivity contribution is 5.85. The van der Waals surface area contributed by atoms with Crippen molar-refractivity contribution < 1.29 is 0 Å². The van der Waals surface area contributed by atoms with Crippen molar-refractivity contribution in [2.45, 2.75) is 13.8 Å². The molecule has 0 fully saturated rings. The molecule has 0 unspecified atom stereocenters. The van der Waals surface area contributed by atoms with Crippen molar-refractivity contribution in [3.05, 3.63) is 66.0 Å². The van der Waals surface area contributed by atoms with E-state index in [2.05, 4.69) is 34.5 Å². The minimum atomic E-state index is 0.841. The number of nitrogens with one attached hydrogen (secondary N) is 1. The molecule has 2 heterocycles. The first-order chi connectivity index (χ1) is 10.8. The maximum Gasteiger partial charge on any atom is 0.183 e. The Bertz CT molecular complexity index is 948. The highest BCUT2D eigenvalue weighted by Crippen LogP contribution is 2.30. The molecule has 4 nitrogen and oxygen atoms in total. The number of aryl methyl sites for hydroxylation is 2. The number of fused-ring (bicyclic) bond motifs is 1. The molecule has 0 aliphatic carbocycles. The number of aromatic amines is 1. The molecule has 0 amide bonds. The molecule has 0 spiro atoms. The van der Waals surface area contributed by atoms with Crippen LogP contribution in [-0.2, 0) is 0 Å². The Morgan fingerprint density at radius 2 is 1.64 bits per heavy atom. The molecule has 0 saturated carbocycles. The second kappa shape index (κ2) is 4.84. The van der Waals surface area contributed by atoms with Crippen LogP contribution in [0.3, 0.4) is 0 Å². The van der Waals surface area contributed by atoms with Crippen molar-refractivity contribution >= 4 is 10.9 Å². The highest BCUT2D eigenvalue weighted by Gasteiger charge is 2.17. The van der Waals surface area contributed by atoms with Gasteiger partial charge in [-0.2, -0.15) is 10.2 Å². The third kappa shape index (κ3) is 1.84. The number of rotatable bonds is 2. The summed E-state index contributed by atoms with van der Waals surface area (Å²) in [6, 6.07) is 18.5. The number of H-pyrrole nitrogens is 1. The molecule has 1 N–H and O–H groups in total. The zero-order chi connectivity index (χ0) is 15.1. The molecule has 0 aliphatic heterocycles. The fraction of sp³-hybridized carbons (Fsp3) is 0.111. The van der Waals surface area contributed by atoms with Crippen LogP contribution in [0.25, 0.3) is 27.8 Å². The summed E-state index contributed by atoms with van der Waals surface area (Å²) in [6.45, 7) is 4.07. The van der Waals surface area contributed by atoms with Crippen molar-refractivity contribution in [3.63, 3.8) is 0 Å². The number of hydrogen-bond donors (Lipinski definition) is 1. The molecule has 4 rings (SSSR count). The van der Waals surface area contributed by atoms with Crippen LogP contribution in [0.2, 0.25) is 0 Å². The van der Waals surface area contributed by atoms with Gasteiger partial charge >= 0.3 is 0 Å². The molecule has 108 valence electrons. The van der Waals surface area contributed by atoms with E-state index in [1.165, 1.54) is 0 Å². The smallest absolute Gasteiger partial charge is 0.183 e. The molecule has 22 heavy (non-hydrogen) atoms. The summed E-state index contributed by atoms with van der Waals surface area (Å²) in [6.07, 6.45) is 0. The molecule has 0 atom stereocenters. The normalized spacial score (nSPS) is 11.2. The molecular weight excluding hydrogens is 272 g/mol. The lowest BCUT2D eigenvalue weighted by Gasteiger charge is -2.05. The van der Waals surface area contributed by atoms with E-state index in [-0.39, 0.29) is 0 Å². The molecule has 0 radical (unpaired) electrons. The predicted octanol–water partition coefficient (Wildman–Crippen LogP) is 4.03. The van der Waals surface area contributed by atoms with E-state index in [9.17, 15) is 0 Å². The second-order valence-electron chi connectivity index (χ2n) is 5.43. The van der Waals surface area contributed by atoms with Crippen molar-refractivity contribution in [1.82, 2.24) is 20.0 Å². The monoisotopic (exact) mass is 288 g/mol. The molecule has 2 aromatic heterocycles. The standard InChI is InChI=1S/C18H16N4/c1-12-15-10-6-7-11-16(15)22(21-12)18-17(13(2)19-20-18)14-8-4-3-5-9-14/h3-11H,1-2H3,(H,19,20). The minimum absolute atomic E-state index is 0.841. The van der Waals surface area contributed by atoms with E-state index in [0.717, 1.165) is 39.2 Å². The summed E-state index contributed by atoms with van der Waals surface area (Å²) in [5, 5.41) is 13.4. The summed E-state index contributed by atoms with van der Waals surface area (Å²) < 4.78 is 1.93. The van der Waals surface area contributed by atoms with E-state index in [1.807, 2.05) is 48.9 Å². The van der Waals surface area contributed by atoms with Gasteiger partial charge in [-0.15, -0.1) is 0 Å². The Labute approximate surface area is 128 Å². The largest absolute Gasteiger partial charge is 0.280 e. The van der Waals surface area contributed by atoms with Crippen LogP contribution in [-0.4, -0.2) is 20.0 Å². The van der Waals surface area contributed by atoms with Gasteiger partial charge in [0.2, 0.25) is 0 Å². The van der Waals surface area contributed by atoms with Gasteiger partial charge in [-0.05, 0) is 25.5 Å². The van der Waals surface area contributed by atoms with Gasteiger partial charge in [-0.3, -0.25) is 5.10 Å². The van der Waals surface area contributed by atoms with Gasteiger partial charge in [0, 0.05) is 16.6 Å². The molecule has 2 aromatic carbocycles. The first-order valence-corrected chi connectivity index (χ1v) is 7.31. The molecule has 4 heteroatoms. The van der Waals surface area contributed by atoms with E-state index in [1.54, 1.807) is 0 Å². The Morgan fingerprint density at radius 1 is 0.909 bits per heavy atom. The molecule has 0 aliphatic rings. The van der Waals surface area contributed by atoms with Gasteiger partial charge in [0.05, 0.1) is 11.2 Å². The first-order valence-electron chi connectivity index (χ1n) is 7.31. The first kappa shape index (κ1) is 12.8. The molecular formula is C18H16N4. The van der Waals surface area contributed by atoms with Gasteiger partial charge in [0.1, 0.15) is 0 Å². The van der Waals surface area contributed by atoms with Crippen molar-refractivity contribution in [1.29, 1.82) is 0 Å². The van der Waals surface area contributed by atoms with E-state index < -0.39 is 0 Å². The maximum absolute atomic E-state index is 4.69. The lowest BCUT2D eigenvalue weighted by atomic mass is 10.1. The lowest BCUT2D eigenvalue weighted by Crippen LogP contribution is -1.99. The average molecular weight is 288 g/mol. The van der Waals surface area contributed by atoms with Gasteiger partial charge in [-0.1, -0.05) is 48.5 Å². The quantitative estimate of drug-likeness (QED) is 0.605. The van der Waals surface area contributed by atoms with Crippen LogP contribution in [0.15, 0.2) is 54.6 Å². The van der Waals surface area contributed by atoms with Crippen LogP contribution in [0.5, 0.6) is 0 Å². The minimum Gasteiger partial charge on any atom is -0.280 e. The zero-order valence-electron chi connectivity index (χ0n) is 12.5. The highest BCUT2D eigenvalue weighted by atomic mass is 15.4. The Hall–Kier alpha value is -2.88. The third-order valence-electron chi connectivity index (χ3n) is 3.96. The third-order valence-corrected chi connectivity index (χ3v) is 3.96. The summed E-state index contributed by atoms with van der Waals surface area (Å²) in [5.74, 6) is 0.841. The lowest BCUT2D eigenvalue weighted by molar-refractivity contribution is 0.846. The fourth-order valence-corrected chi connectivity index (χ4v) is 2.90. The van der Waals surface area contributed by atoms with E-state index in [0.29, 0.717) is 0 Å². The maximum atomic E-state index is 4.69. The number of benzene rings is 2. The zero-order valence-corrected chi connectivity index (χ0v) is 12.5. The Balaban J connectivity index is 2.01. The number of aromatic nitrogens is 4. The number of nitrogens with zero attached hydrogens (tertiary/aromatic N) is 3. The summed E-state index contributed by atoms with van der Waals surface area (Å²) in [4.78, 5) is 0. The Morgan fingerprint density at radius 3 is 2.45 bits per heavy atom. The van der Waals surface area contributed by atoms with Gasteiger partial charge in [0.15, 0.2) is 5.82 Å². The van der Waals surface area contributed by atoms with Gasteiger partial charge in [-0.25, -0.2) is 4.68 Å². The average Bonchev–Trinajstić information content (AvgIpc) is 3.09. The summed E-state index contributed by atoms with van der Waals surface area (Å²) in [7, 11) is 0. The molecule has 0 bridgehead atoms. The predicted molar refractivity (Wildman–Crippen MR) is 88.1 cm³/mol. The van der Waals surface area contributed by atoms with Crippen LogP contribution < -0.4 is 0 Å². The van der Waals surface area contributed by atoms with E-state index in [4.69, 9.17) is 5.10 Å². The molecule has 4 aromatic rings. The van der Waals surface area contributed by atoms with Crippen LogP contribution in [0.1, 0.15) is 11.4 Å². The second-order valence-corrected chi connectivity index (χ2v) is 5.43. The summed E-state index contributed by atoms with van der Waals surface area (Å²) >= 11 is 0. The topological polar surface area (TPSA) is 46.5 Å². The van der Waals surface area contributed by atoms with Gasteiger partial charge < -0.3 is 0 Å². The molecule has 0 saturated heterocycles. The van der Waals surface area contributed by atoms with Crippen molar-refractivity contribution in [2.24, 2.45) is 0 Å². The summed E-state index contributed by atoms with van der Waals surface area (Å²) in [5.41, 5.74) is 5.35. The van der Waals surface area contributed by atoms with Crippen LogP contribution >= 0.6 is 0 Å². The number of hydrogen-bond acceptors (Lipinski definition) is 2.